The third-order valence-electron chi connectivity index (χ3n) is 5.40. The third kappa shape index (κ3) is 4.90. The SMILES string of the molecule is Cn1c(SCCCC(=O)Nc2ccc(S(N)(=O)=O)cc2)nc2sc3c(c2c1=O)CCCC3. The van der Waals surface area contributed by atoms with Crippen molar-refractivity contribution < 1.29 is 13.2 Å². The van der Waals surface area contributed by atoms with Crippen molar-refractivity contribution in [3.63, 3.8) is 0 Å². The topological polar surface area (TPSA) is 124 Å². The van der Waals surface area contributed by atoms with Crippen LogP contribution in [0.1, 0.15) is 36.1 Å². The number of carbonyl (C=O) groups is 1. The molecule has 8 nitrogen and oxygen atoms in total. The van der Waals surface area contributed by atoms with Crippen molar-refractivity contribution in [3.05, 3.63) is 45.1 Å². The first-order valence-electron chi connectivity index (χ1n) is 10.3. The lowest BCUT2D eigenvalue weighted by molar-refractivity contribution is -0.116. The van der Waals surface area contributed by atoms with E-state index >= 15 is 0 Å². The Balaban J connectivity index is 1.34. The number of anilines is 1. The van der Waals surface area contributed by atoms with Gasteiger partial charge in [-0.25, -0.2) is 18.5 Å². The van der Waals surface area contributed by atoms with Crippen LogP contribution in [0, 0.1) is 0 Å². The Morgan fingerprint density at radius 1 is 1.25 bits per heavy atom. The van der Waals surface area contributed by atoms with Gasteiger partial charge in [-0.1, -0.05) is 11.8 Å². The zero-order valence-corrected chi connectivity index (χ0v) is 20.0. The minimum absolute atomic E-state index is 0.00595. The fourth-order valence-corrected chi connectivity index (χ4v) is 6.47. The zero-order chi connectivity index (χ0) is 22.9. The second-order valence-electron chi connectivity index (χ2n) is 7.72. The molecule has 1 aromatic carbocycles. The van der Waals surface area contributed by atoms with E-state index < -0.39 is 10.0 Å². The summed E-state index contributed by atoms with van der Waals surface area (Å²) in [7, 11) is -2.01. The van der Waals surface area contributed by atoms with Crippen molar-refractivity contribution in [2.45, 2.75) is 48.6 Å². The highest BCUT2D eigenvalue weighted by Crippen LogP contribution is 2.34. The van der Waals surface area contributed by atoms with Gasteiger partial charge in [0, 0.05) is 29.8 Å². The molecule has 2 heterocycles. The normalized spacial score (nSPS) is 13.8. The molecule has 0 aliphatic heterocycles. The molecule has 3 N–H and O–H groups in total. The number of amides is 1. The lowest BCUT2D eigenvalue weighted by atomic mass is 9.97. The molecule has 32 heavy (non-hydrogen) atoms. The fourth-order valence-electron chi connectivity index (χ4n) is 3.74. The van der Waals surface area contributed by atoms with Crippen LogP contribution in [0.3, 0.4) is 0 Å². The number of carbonyl (C=O) groups excluding carboxylic acids is 1. The van der Waals surface area contributed by atoms with E-state index in [-0.39, 0.29) is 16.4 Å². The summed E-state index contributed by atoms with van der Waals surface area (Å²) < 4.78 is 24.2. The second kappa shape index (κ2) is 9.34. The van der Waals surface area contributed by atoms with Crippen LogP contribution in [0.25, 0.3) is 10.2 Å². The first-order chi connectivity index (χ1) is 15.2. The van der Waals surface area contributed by atoms with E-state index in [1.165, 1.54) is 52.9 Å². The van der Waals surface area contributed by atoms with Crippen LogP contribution >= 0.6 is 23.1 Å². The molecule has 0 spiro atoms. The van der Waals surface area contributed by atoms with Gasteiger partial charge in [0.15, 0.2) is 5.16 Å². The van der Waals surface area contributed by atoms with Crippen molar-refractivity contribution in [2.75, 3.05) is 11.1 Å². The van der Waals surface area contributed by atoms with Crippen molar-refractivity contribution in [1.82, 2.24) is 9.55 Å². The number of nitrogens with zero attached hydrogens (tertiary/aromatic N) is 2. The van der Waals surface area contributed by atoms with Crippen LogP contribution in [0.4, 0.5) is 5.69 Å². The molecule has 0 saturated heterocycles. The first-order valence-corrected chi connectivity index (χ1v) is 13.7. The van der Waals surface area contributed by atoms with Gasteiger partial charge < -0.3 is 5.32 Å². The molecular formula is C21H24N4O4S3. The molecule has 0 atom stereocenters. The molecule has 1 aliphatic carbocycles. The zero-order valence-electron chi connectivity index (χ0n) is 17.6. The number of hydrogen-bond donors (Lipinski definition) is 2. The number of primary sulfonamides is 1. The average molecular weight is 493 g/mol. The maximum absolute atomic E-state index is 12.9. The summed E-state index contributed by atoms with van der Waals surface area (Å²) in [6.07, 6.45) is 5.19. The quantitative estimate of drug-likeness (QED) is 0.297. The molecule has 1 amide bonds. The summed E-state index contributed by atoms with van der Waals surface area (Å²) in [6, 6.07) is 5.71. The van der Waals surface area contributed by atoms with Crippen molar-refractivity contribution >= 4 is 54.9 Å². The number of nitrogens with one attached hydrogen (secondary N) is 1. The number of fused-ring (bicyclic) bond motifs is 3. The lowest BCUT2D eigenvalue weighted by Crippen LogP contribution is -2.20. The third-order valence-corrected chi connectivity index (χ3v) is 8.63. The Bertz CT molecular complexity index is 1330. The number of aromatic nitrogens is 2. The number of nitrogens with two attached hydrogens (primary N) is 1. The van der Waals surface area contributed by atoms with E-state index in [0.717, 1.165) is 29.5 Å². The highest BCUT2D eigenvalue weighted by atomic mass is 32.2. The summed E-state index contributed by atoms with van der Waals surface area (Å²) >= 11 is 3.11. The summed E-state index contributed by atoms with van der Waals surface area (Å²) in [5.41, 5.74) is 1.71. The van der Waals surface area contributed by atoms with Gasteiger partial charge in [0.2, 0.25) is 15.9 Å². The van der Waals surface area contributed by atoms with Gasteiger partial charge in [0.05, 0.1) is 10.3 Å². The molecule has 170 valence electrons. The Kier molecular flexibility index (Phi) is 6.70. The van der Waals surface area contributed by atoms with E-state index in [2.05, 4.69) is 5.32 Å². The number of rotatable bonds is 7. The van der Waals surface area contributed by atoms with Gasteiger partial charge in [-0.2, -0.15) is 0 Å². The number of thioether (sulfide) groups is 1. The molecule has 0 bridgehead atoms. The highest BCUT2D eigenvalue weighted by molar-refractivity contribution is 7.99. The predicted molar refractivity (Wildman–Crippen MR) is 128 cm³/mol. The molecule has 0 fully saturated rings. The minimum atomic E-state index is -3.76. The second-order valence-corrected chi connectivity index (χ2v) is 11.4. The molecule has 11 heteroatoms. The van der Waals surface area contributed by atoms with E-state index in [4.69, 9.17) is 10.1 Å². The van der Waals surface area contributed by atoms with E-state index in [0.29, 0.717) is 29.4 Å². The van der Waals surface area contributed by atoms with Gasteiger partial charge in [0.1, 0.15) is 4.83 Å². The van der Waals surface area contributed by atoms with Gasteiger partial charge in [-0.15, -0.1) is 11.3 Å². The number of thiophene rings is 1. The van der Waals surface area contributed by atoms with Crippen molar-refractivity contribution in [3.8, 4) is 0 Å². The predicted octanol–water partition coefficient (Wildman–Crippen LogP) is 3.03. The van der Waals surface area contributed by atoms with E-state index in [1.807, 2.05) is 0 Å². The summed E-state index contributed by atoms with van der Waals surface area (Å²) in [4.78, 5) is 32.0. The molecule has 0 saturated carbocycles. The average Bonchev–Trinajstić information content (AvgIpc) is 3.12. The molecular weight excluding hydrogens is 468 g/mol. The molecule has 0 radical (unpaired) electrons. The monoisotopic (exact) mass is 492 g/mol. The Hall–Kier alpha value is -2.21. The smallest absolute Gasteiger partial charge is 0.262 e. The first kappa shape index (κ1) is 23.0. The number of benzene rings is 1. The number of aryl methyl sites for hydroxylation is 2. The summed E-state index contributed by atoms with van der Waals surface area (Å²) in [5, 5.41) is 9.26. The standard InChI is InChI=1S/C21H24N4O4S3/c1-25-20(27)18-15-5-2-3-6-16(15)31-19(18)24-21(25)30-12-4-7-17(26)23-13-8-10-14(11-9-13)32(22,28)29/h8-11H,2-7,12H2,1H3,(H,23,26)(H2,22,28,29). The Morgan fingerprint density at radius 2 is 1.97 bits per heavy atom. The van der Waals surface area contributed by atoms with Gasteiger partial charge in [0.25, 0.3) is 5.56 Å². The van der Waals surface area contributed by atoms with Crippen LogP contribution < -0.4 is 16.0 Å². The molecule has 4 rings (SSSR count). The highest BCUT2D eigenvalue weighted by Gasteiger charge is 2.21. The Morgan fingerprint density at radius 3 is 2.69 bits per heavy atom. The molecule has 0 unspecified atom stereocenters. The van der Waals surface area contributed by atoms with Gasteiger partial charge >= 0.3 is 0 Å². The van der Waals surface area contributed by atoms with Crippen LogP contribution in [-0.4, -0.2) is 29.6 Å². The van der Waals surface area contributed by atoms with Crippen molar-refractivity contribution in [1.29, 1.82) is 0 Å². The van der Waals surface area contributed by atoms with Crippen molar-refractivity contribution in [2.24, 2.45) is 12.2 Å². The summed E-state index contributed by atoms with van der Waals surface area (Å²) in [5.74, 6) is 0.478. The molecule has 3 aromatic rings. The van der Waals surface area contributed by atoms with Crippen LogP contribution in [0.15, 0.2) is 39.1 Å². The maximum atomic E-state index is 12.9. The van der Waals surface area contributed by atoms with Crippen LogP contribution in [0.2, 0.25) is 0 Å². The number of hydrogen-bond acceptors (Lipinski definition) is 7. The molecule has 1 aliphatic rings. The molecule has 2 aromatic heterocycles. The summed E-state index contributed by atoms with van der Waals surface area (Å²) in [6.45, 7) is 0. The van der Waals surface area contributed by atoms with Crippen LogP contribution in [-0.2, 0) is 34.7 Å². The van der Waals surface area contributed by atoms with E-state index in [9.17, 15) is 18.0 Å². The van der Waals surface area contributed by atoms with E-state index in [1.54, 1.807) is 23.0 Å². The Labute approximate surface area is 194 Å². The lowest BCUT2D eigenvalue weighted by Gasteiger charge is -2.11. The van der Waals surface area contributed by atoms with Gasteiger partial charge in [-0.3, -0.25) is 14.2 Å². The van der Waals surface area contributed by atoms with Crippen LogP contribution in [0.5, 0.6) is 0 Å². The van der Waals surface area contributed by atoms with Gasteiger partial charge in [-0.05, 0) is 61.9 Å². The maximum Gasteiger partial charge on any atom is 0.262 e. The fraction of sp³-hybridized carbons (Fsp3) is 0.381. The minimum Gasteiger partial charge on any atom is -0.326 e. The number of sulfonamides is 1. The largest absolute Gasteiger partial charge is 0.326 e.